The van der Waals surface area contributed by atoms with E-state index < -0.39 is 3.79 Å². The number of halogens is 3. The number of alkyl halides is 3. The molecule has 106 valence electrons. The molecule has 0 aliphatic carbocycles. The zero-order valence-corrected chi connectivity index (χ0v) is 12.9. The van der Waals surface area contributed by atoms with Gasteiger partial charge in [0.15, 0.2) is 5.82 Å². The number of aromatic nitrogens is 4. The van der Waals surface area contributed by atoms with Crippen LogP contribution in [0.25, 0.3) is 22.5 Å². The summed E-state index contributed by atoms with van der Waals surface area (Å²) in [5.41, 5.74) is 3.51. The Labute approximate surface area is 136 Å². The maximum Gasteiger partial charge on any atom is 0.216 e. The van der Waals surface area contributed by atoms with E-state index in [2.05, 4.69) is 20.6 Å². The lowest BCUT2D eigenvalue weighted by Gasteiger charge is -2.12. The summed E-state index contributed by atoms with van der Waals surface area (Å²) >= 11 is 17.6. The molecule has 0 unspecified atom stereocenters. The smallest absolute Gasteiger partial charge is 0.216 e. The first kappa shape index (κ1) is 14.3. The molecule has 0 aliphatic rings. The second kappa shape index (κ2) is 5.64. The van der Waals surface area contributed by atoms with Crippen molar-refractivity contribution in [2.75, 3.05) is 0 Å². The topological polar surface area (TPSA) is 54.5 Å². The standard InChI is InChI=1S/C14H9Cl3N4/c15-14(16,17)10-7-5-9(6-8-10)11-3-1-2-4-12(11)13-18-20-21-19-13/h1-8H,(H,18,19,20,21). The van der Waals surface area contributed by atoms with Gasteiger partial charge in [-0.25, -0.2) is 5.10 Å². The monoisotopic (exact) mass is 338 g/mol. The van der Waals surface area contributed by atoms with E-state index in [1.165, 1.54) is 0 Å². The van der Waals surface area contributed by atoms with E-state index in [0.29, 0.717) is 11.4 Å². The number of nitrogens with zero attached hydrogens (tertiary/aromatic N) is 3. The maximum absolute atomic E-state index is 5.87. The van der Waals surface area contributed by atoms with E-state index >= 15 is 0 Å². The van der Waals surface area contributed by atoms with Gasteiger partial charge in [-0.15, -0.1) is 5.10 Å². The maximum atomic E-state index is 5.87. The van der Waals surface area contributed by atoms with Crippen LogP contribution in [0, 0.1) is 0 Å². The number of benzene rings is 2. The second-order valence-corrected chi connectivity index (χ2v) is 6.65. The van der Waals surface area contributed by atoms with Crippen LogP contribution in [0.3, 0.4) is 0 Å². The van der Waals surface area contributed by atoms with Crippen molar-refractivity contribution in [3.8, 4) is 22.5 Å². The fraction of sp³-hybridized carbons (Fsp3) is 0.0714. The fourth-order valence-corrected chi connectivity index (χ4v) is 2.43. The number of rotatable bonds is 2. The third-order valence-corrected chi connectivity index (χ3v) is 3.71. The highest BCUT2D eigenvalue weighted by Gasteiger charge is 2.22. The van der Waals surface area contributed by atoms with Crippen LogP contribution in [0.2, 0.25) is 0 Å². The molecule has 0 saturated heterocycles. The van der Waals surface area contributed by atoms with Gasteiger partial charge in [0.2, 0.25) is 3.79 Å². The summed E-state index contributed by atoms with van der Waals surface area (Å²) in [5.74, 6) is 0.607. The highest BCUT2D eigenvalue weighted by molar-refractivity contribution is 6.66. The largest absolute Gasteiger partial charge is 0.239 e. The van der Waals surface area contributed by atoms with Gasteiger partial charge in [0.25, 0.3) is 0 Å². The van der Waals surface area contributed by atoms with Crippen LogP contribution in [-0.2, 0) is 3.79 Å². The molecule has 0 fully saturated rings. The Balaban J connectivity index is 2.06. The van der Waals surface area contributed by atoms with E-state index in [1.54, 1.807) is 12.1 Å². The first-order chi connectivity index (χ1) is 10.1. The van der Waals surface area contributed by atoms with Crippen LogP contribution in [0.4, 0.5) is 0 Å². The average molecular weight is 340 g/mol. The zero-order chi connectivity index (χ0) is 14.9. The molecular formula is C14H9Cl3N4. The van der Waals surface area contributed by atoms with Gasteiger partial charge in [0.05, 0.1) is 0 Å². The van der Waals surface area contributed by atoms with Gasteiger partial charge in [-0.2, -0.15) is 0 Å². The molecule has 1 N–H and O–H groups in total. The molecule has 0 radical (unpaired) electrons. The summed E-state index contributed by atoms with van der Waals surface area (Å²) in [6, 6.07) is 15.2. The van der Waals surface area contributed by atoms with Crippen LogP contribution < -0.4 is 0 Å². The van der Waals surface area contributed by atoms with Gasteiger partial charge in [0.1, 0.15) is 0 Å². The molecule has 3 aromatic rings. The molecule has 4 nitrogen and oxygen atoms in total. The van der Waals surface area contributed by atoms with Crippen LogP contribution in [-0.4, -0.2) is 20.6 Å². The molecule has 2 aromatic carbocycles. The molecular weight excluding hydrogens is 331 g/mol. The molecule has 1 heterocycles. The lowest BCUT2D eigenvalue weighted by atomic mass is 9.98. The first-order valence-electron chi connectivity index (χ1n) is 6.06. The number of hydrogen-bond donors (Lipinski definition) is 1. The summed E-state index contributed by atoms with van der Waals surface area (Å²) in [6.45, 7) is 0. The molecule has 7 heteroatoms. The van der Waals surface area contributed by atoms with E-state index in [1.807, 2.05) is 36.4 Å². The van der Waals surface area contributed by atoms with Crippen molar-refractivity contribution >= 4 is 34.8 Å². The summed E-state index contributed by atoms with van der Waals surface area (Å²) < 4.78 is -1.42. The number of hydrogen-bond acceptors (Lipinski definition) is 3. The third-order valence-electron chi connectivity index (χ3n) is 3.05. The number of tetrazole rings is 1. The minimum atomic E-state index is -1.42. The highest BCUT2D eigenvalue weighted by atomic mass is 35.6. The Morgan fingerprint density at radius 1 is 0.857 bits per heavy atom. The summed E-state index contributed by atoms with van der Waals surface area (Å²) in [7, 11) is 0. The van der Waals surface area contributed by atoms with Crippen LogP contribution >= 0.6 is 34.8 Å². The van der Waals surface area contributed by atoms with E-state index in [0.717, 1.165) is 16.7 Å². The van der Waals surface area contributed by atoms with E-state index in [-0.39, 0.29) is 0 Å². The van der Waals surface area contributed by atoms with Crippen LogP contribution in [0.1, 0.15) is 5.56 Å². The molecule has 21 heavy (non-hydrogen) atoms. The van der Waals surface area contributed by atoms with Gasteiger partial charge >= 0.3 is 0 Å². The van der Waals surface area contributed by atoms with Crippen molar-refractivity contribution < 1.29 is 0 Å². The van der Waals surface area contributed by atoms with Crippen molar-refractivity contribution in [3.63, 3.8) is 0 Å². The Morgan fingerprint density at radius 2 is 1.52 bits per heavy atom. The van der Waals surface area contributed by atoms with Gasteiger partial charge in [-0.05, 0) is 21.6 Å². The quantitative estimate of drug-likeness (QED) is 0.706. The minimum Gasteiger partial charge on any atom is -0.239 e. The second-order valence-electron chi connectivity index (χ2n) is 4.37. The van der Waals surface area contributed by atoms with Crippen molar-refractivity contribution in [1.82, 2.24) is 20.6 Å². The van der Waals surface area contributed by atoms with Gasteiger partial charge in [-0.3, -0.25) is 0 Å². The SMILES string of the molecule is ClC(Cl)(Cl)c1ccc(-c2ccccc2-c2nnn[nH]2)cc1. The molecule has 1 aromatic heterocycles. The predicted octanol–water partition coefficient (Wildman–Crippen LogP) is 4.36. The van der Waals surface area contributed by atoms with Crippen molar-refractivity contribution in [2.24, 2.45) is 0 Å². The first-order valence-corrected chi connectivity index (χ1v) is 7.20. The molecule has 3 rings (SSSR count). The molecule has 0 saturated carbocycles. The van der Waals surface area contributed by atoms with Crippen molar-refractivity contribution in [3.05, 3.63) is 54.1 Å². The normalized spacial score (nSPS) is 11.6. The zero-order valence-electron chi connectivity index (χ0n) is 10.6. The lowest BCUT2D eigenvalue weighted by molar-refractivity contribution is 0.881. The Kier molecular flexibility index (Phi) is 3.85. The number of nitrogens with one attached hydrogen (secondary N) is 1. The van der Waals surface area contributed by atoms with Crippen molar-refractivity contribution in [1.29, 1.82) is 0 Å². The van der Waals surface area contributed by atoms with Crippen molar-refractivity contribution in [2.45, 2.75) is 3.79 Å². The lowest BCUT2D eigenvalue weighted by Crippen LogP contribution is -1.99. The average Bonchev–Trinajstić information content (AvgIpc) is 3.01. The predicted molar refractivity (Wildman–Crippen MR) is 84.3 cm³/mol. The van der Waals surface area contributed by atoms with E-state index in [9.17, 15) is 0 Å². The highest BCUT2D eigenvalue weighted by Crippen LogP contribution is 2.39. The summed E-state index contributed by atoms with van der Waals surface area (Å²) in [5, 5.41) is 13.9. The molecule has 0 amide bonds. The summed E-state index contributed by atoms with van der Waals surface area (Å²) in [6.07, 6.45) is 0. The molecule has 0 aliphatic heterocycles. The number of aromatic amines is 1. The van der Waals surface area contributed by atoms with Crippen LogP contribution in [0.5, 0.6) is 0 Å². The van der Waals surface area contributed by atoms with Gasteiger partial charge in [0, 0.05) is 11.1 Å². The summed E-state index contributed by atoms with van der Waals surface area (Å²) in [4.78, 5) is 0. The van der Waals surface area contributed by atoms with Crippen LogP contribution in [0.15, 0.2) is 48.5 Å². The van der Waals surface area contributed by atoms with E-state index in [4.69, 9.17) is 34.8 Å². The molecule has 0 bridgehead atoms. The minimum absolute atomic E-state index is 0.607. The van der Waals surface area contributed by atoms with Gasteiger partial charge in [-0.1, -0.05) is 83.3 Å². The number of H-pyrrole nitrogens is 1. The Bertz CT molecular complexity index is 734. The Morgan fingerprint density at radius 3 is 2.10 bits per heavy atom. The fourth-order valence-electron chi connectivity index (χ4n) is 2.05. The molecule has 0 atom stereocenters. The third kappa shape index (κ3) is 3.02. The molecule has 0 spiro atoms. The van der Waals surface area contributed by atoms with Gasteiger partial charge < -0.3 is 0 Å². The Hall–Kier alpha value is -1.62.